The molecule has 7 heteroatoms. The Morgan fingerprint density at radius 3 is 2.32 bits per heavy atom. The van der Waals surface area contributed by atoms with Crippen LogP contribution < -0.4 is 4.90 Å². The van der Waals surface area contributed by atoms with E-state index < -0.39 is 0 Å². The summed E-state index contributed by atoms with van der Waals surface area (Å²) in [5.74, 6) is 0.198. The SMILES string of the molecule is Cc1cc(C(=O)CN2CCN(c3ccc([N+](=O)[O-])cc3)CC2)c(C)n1C1CC1. The van der Waals surface area contributed by atoms with Crippen LogP contribution in [0.3, 0.4) is 0 Å². The van der Waals surface area contributed by atoms with Crippen molar-refractivity contribution < 1.29 is 9.72 Å². The predicted octanol–water partition coefficient (Wildman–Crippen LogP) is 3.35. The molecule has 1 saturated heterocycles. The number of anilines is 1. The summed E-state index contributed by atoms with van der Waals surface area (Å²) in [6.07, 6.45) is 2.43. The minimum absolute atomic E-state index is 0.108. The third-order valence-corrected chi connectivity index (χ3v) is 5.86. The van der Waals surface area contributed by atoms with Crippen molar-refractivity contribution in [2.24, 2.45) is 0 Å². The molecule has 0 amide bonds. The van der Waals surface area contributed by atoms with E-state index in [0.29, 0.717) is 12.6 Å². The van der Waals surface area contributed by atoms with E-state index in [0.717, 1.165) is 43.1 Å². The first kappa shape index (κ1) is 18.7. The molecule has 1 aliphatic heterocycles. The number of nitro groups is 1. The van der Waals surface area contributed by atoms with Gasteiger partial charge >= 0.3 is 0 Å². The lowest BCUT2D eigenvalue weighted by molar-refractivity contribution is -0.384. The smallest absolute Gasteiger partial charge is 0.269 e. The molecule has 2 aromatic rings. The summed E-state index contributed by atoms with van der Waals surface area (Å²) in [6.45, 7) is 7.84. The first-order valence-corrected chi connectivity index (χ1v) is 9.87. The molecule has 1 saturated carbocycles. The number of hydrogen-bond donors (Lipinski definition) is 0. The van der Waals surface area contributed by atoms with Crippen molar-refractivity contribution in [3.05, 3.63) is 57.4 Å². The zero-order valence-corrected chi connectivity index (χ0v) is 16.4. The first-order chi connectivity index (χ1) is 13.4. The third-order valence-electron chi connectivity index (χ3n) is 5.86. The van der Waals surface area contributed by atoms with E-state index in [1.54, 1.807) is 24.3 Å². The predicted molar refractivity (Wildman–Crippen MR) is 108 cm³/mol. The average Bonchev–Trinajstić information content (AvgIpc) is 3.47. The zero-order chi connectivity index (χ0) is 19.8. The van der Waals surface area contributed by atoms with E-state index in [9.17, 15) is 14.9 Å². The summed E-state index contributed by atoms with van der Waals surface area (Å²) in [5.41, 5.74) is 4.25. The highest BCUT2D eigenvalue weighted by atomic mass is 16.6. The Labute approximate surface area is 164 Å². The Hall–Kier alpha value is -2.67. The Balaban J connectivity index is 1.35. The third kappa shape index (κ3) is 3.67. The van der Waals surface area contributed by atoms with E-state index in [-0.39, 0.29) is 16.4 Å². The molecule has 0 atom stereocenters. The first-order valence-electron chi connectivity index (χ1n) is 9.87. The van der Waals surface area contributed by atoms with Crippen LogP contribution in [-0.2, 0) is 0 Å². The Morgan fingerprint density at radius 1 is 1.11 bits per heavy atom. The van der Waals surface area contributed by atoms with Gasteiger partial charge in [-0.3, -0.25) is 19.8 Å². The van der Waals surface area contributed by atoms with E-state index in [2.05, 4.69) is 28.2 Å². The zero-order valence-electron chi connectivity index (χ0n) is 16.4. The molecule has 1 aromatic carbocycles. The van der Waals surface area contributed by atoms with Crippen LogP contribution in [0.5, 0.6) is 0 Å². The lowest BCUT2D eigenvalue weighted by Crippen LogP contribution is -2.48. The second-order valence-corrected chi connectivity index (χ2v) is 7.85. The molecule has 2 fully saturated rings. The molecule has 1 aromatic heterocycles. The second-order valence-electron chi connectivity index (χ2n) is 7.85. The average molecular weight is 382 g/mol. The van der Waals surface area contributed by atoms with Crippen LogP contribution >= 0.6 is 0 Å². The number of aryl methyl sites for hydroxylation is 1. The molecule has 7 nitrogen and oxygen atoms in total. The molecule has 1 aliphatic carbocycles. The molecule has 2 heterocycles. The van der Waals surface area contributed by atoms with Crippen molar-refractivity contribution in [2.75, 3.05) is 37.6 Å². The summed E-state index contributed by atoms with van der Waals surface area (Å²) in [4.78, 5) is 27.7. The van der Waals surface area contributed by atoms with Gasteiger partial charge in [-0.2, -0.15) is 0 Å². The molecule has 0 unspecified atom stereocenters. The van der Waals surface area contributed by atoms with Gasteiger partial charge in [-0.05, 0) is 44.9 Å². The standard InChI is InChI=1S/C21H26N4O3/c1-15-13-20(16(2)24(15)18-5-6-18)21(26)14-22-9-11-23(12-10-22)17-3-7-19(8-4-17)25(27)28/h3-4,7-8,13,18H,5-6,9-12,14H2,1-2H3. The van der Waals surface area contributed by atoms with Gasteiger partial charge in [-0.15, -0.1) is 0 Å². The van der Waals surface area contributed by atoms with E-state index in [1.165, 1.54) is 18.5 Å². The number of nitrogens with zero attached hydrogens (tertiary/aromatic N) is 4. The fraction of sp³-hybridized carbons (Fsp3) is 0.476. The van der Waals surface area contributed by atoms with Crippen LogP contribution in [0.25, 0.3) is 0 Å². The topological polar surface area (TPSA) is 71.6 Å². The van der Waals surface area contributed by atoms with Crippen molar-refractivity contribution in [1.29, 1.82) is 0 Å². The maximum absolute atomic E-state index is 12.9. The molecular weight excluding hydrogens is 356 g/mol. The van der Waals surface area contributed by atoms with Gasteiger partial charge in [0.25, 0.3) is 5.69 Å². The number of ketones is 1. The molecule has 0 spiro atoms. The van der Waals surface area contributed by atoms with Crippen LogP contribution in [-0.4, -0.2) is 52.9 Å². The highest BCUT2D eigenvalue weighted by Gasteiger charge is 2.29. The Bertz CT molecular complexity index is 891. The number of piperazine rings is 1. The van der Waals surface area contributed by atoms with Gasteiger partial charge in [0.15, 0.2) is 5.78 Å². The van der Waals surface area contributed by atoms with Gasteiger partial charge in [0.1, 0.15) is 0 Å². The summed E-state index contributed by atoms with van der Waals surface area (Å²) in [7, 11) is 0. The number of nitro benzene ring substituents is 1. The number of benzene rings is 1. The molecule has 148 valence electrons. The number of Topliss-reactive ketones (excluding diaryl/α,β-unsaturated/α-hetero) is 1. The minimum Gasteiger partial charge on any atom is -0.369 e. The summed E-state index contributed by atoms with van der Waals surface area (Å²) < 4.78 is 2.32. The van der Waals surface area contributed by atoms with Gasteiger partial charge in [0, 0.05) is 67.0 Å². The van der Waals surface area contributed by atoms with Crippen LogP contribution in [0.4, 0.5) is 11.4 Å². The molecule has 0 bridgehead atoms. The van der Waals surface area contributed by atoms with E-state index in [1.807, 2.05) is 6.07 Å². The number of carbonyl (C=O) groups excluding carboxylic acids is 1. The molecule has 4 rings (SSSR count). The number of hydrogen-bond acceptors (Lipinski definition) is 5. The second kappa shape index (κ2) is 7.39. The monoisotopic (exact) mass is 382 g/mol. The number of rotatable bonds is 6. The maximum Gasteiger partial charge on any atom is 0.269 e. The largest absolute Gasteiger partial charge is 0.369 e. The molecular formula is C21H26N4O3. The number of carbonyl (C=O) groups is 1. The lowest BCUT2D eigenvalue weighted by Gasteiger charge is -2.35. The quantitative estimate of drug-likeness (QED) is 0.435. The Morgan fingerprint density at radius 2 is 1.75 bits per heavy atom. The Kier molecular flexibility index (Phi) is 4.93. The van der Waals surface area contributed by atoms with Gasteiger partial charge in [-0.25, -0.2) is 0 Å². The summed E-state index contributed by atoms with van der Waals surface area (Å²) in [6, 6.07) is 9.31. The highest BCUT2D eigenvalue weighted by Crippen LogP contribution is 2.38. The van der Waals surface area contributed by atoms with Crippen LogP contribution in [0, 0.1) is 24.0 Å². The van der Waals surface area contributed by atoms with Gasteiger partial charge in [0.05, 0.1) is 11.5 Å². The molecule has 28 heavy (non-hydrogen) atoms. The summed E-state index contributed by atoms with van der Waals surface area (Å²) in [5, 5.41) is 10.8. The lowest BCUT2D eigenvalue weighted by atomic mass is 10.1. The fourth-order valence-corrected chi connectivity index (χ4v) is 4.19. The van der Waals surface area contributed by atoms with E-state index in [4.69, 9.17) is 0 Å². The van der Waals surface area contributed by atoms with Gasteiger partial charge in [0.2, 0.25) is 0 Å². The van der Waals surface area contributed by atoms with Gasteiger partial charge < -0.3 is 9.47 Å². The minimum atomic E-state index is -0.381. The van der Waals surface area contributed by atoms with Crippen molar-refractivity contribution in [1.82, 2.24) is 9.47 Å². The van der Waals surface area contributed by atoms with Crippen LogP contribution in [0.2, 0.25) is 0 Å². The normalized spacial score (nSPS) is 17.7. The molecule has 0 radical (unpaired) electrons. The van der Waals surface area contributed by atoms with Gasteiger partial charge in [-0.1, -0.05) is 0 Å². The van der Waals surface area contributed by atoms with Crippen molar-refractivity contribution in [3.8, 4) is 0 Å². The van der Waals surface area contributed by atoms with Crippen molar-refractivity contribution in [2.45, 2.75) is 32.7 Å². The molecule has 0 N–H and O–H groups in total. The van der Waals surface area contributed by atoms with Crippen LogP contribution in [0.15, 0.2) is 30.3 Å². The fourth-order valence-electron chi connectivity index (χ4n) is 4.19. The number of aromatic nitrogens is 1. The van der Waals surface area contributed by atoms with Crippen molar-refractivity contribution in [3.63, 3.8) is 0 Å². The number of non-ortho nitro benzene ring substituents is 1. The maximum atomic E-state index is 12.9. The van der Waals surface area contributed by atoms with E-state index >= 15 is 0 Å². The summed E-state index contributed by atoms with van der Waals surface area (Å²) >= 11 is 0. The van der Waals surface area contributed by atoms with Crippen molar-refractivity contribution >= 4 is 17.2 Å². The van der Waals surface area contributed by atoms with Crippen LogP contribution in [0.1, 0.15) is 40.6 Å². The molecule has 2 aliphatic rings. The highest BCUT2D eigenvalue weighted by molar-refractivity contribution is 5.99.